The molecule has 0 fully saturated rings. The molecular weight excluding hydrogens is 856 g/mol. The Morgan fingerprint density at radius 1 is 0.580 bits per heavy atom. The second-order valence-electron chi connectivity index (χ2n) is 11.2. The normalized spacial score (nSPS) is 11.5. The number of hydrogen-bond donors (Lipinski definition) is 0. The molecule has 7 aromatic rings. The van der Waals surface area contributed by atoms with Crippen LogP contribution in [0.4, 0.5) is 26.3 Å². The fourth-order valence-corrected chi connectivity index (χ4v) is 7.06. The molecule has 1 aliphatic rings. The summed E-state index contributed by atoms with van der Waals surface area (Å²) in [6.07, 6.45) is -7.79. The van der Waals surface area contributed by atoms with Crippen molar-refractivity contribution in [2.24, 2.45) is 0 Å². The molecule has 0 radical (unpaired) electrons. The van der Waals surface area contributed by atoms with Crippen molar-refractivity contribution in [3.63, 3.8) is 0 Å². The van der Waals surface area contributed by atoms with E-state index in [1.165, 1.54) is 68.1 Å². The van der Waals surface area contributed by atoms with Crippen LogP contribution < -0.4 is 0 Å². The zero-order chi connectivity index (χ0) is 33.9. The van der Waals surface area contributed by atoms with Gasteiger partial charge in [0.15, 0.2) is 0 Å². The molecule has 0 unspecified atom stereocenters. The Balaban J connectivity index is 0.000000190. The van der Waals surface area contributed by atoms with Crippen molar-refractivity contribution < 1.29 is 50.2 Å². The van der Waals surface area contributed by atoms with E-state index in [2.05, 4.69) is 66.7 Å². The van der Waals surface area contributed by atoms with Crippen LogP contribution in [0.15, 0.2) is 146 Å². The maximum absolute atomic E-state index is 12.5. The zero-order valence-electron chi connectivity index (χ0n) is 26.1. The molecule has 0 spiro atoms. The molecule has 252 valence electrons. The molecule has 9 heteroatoms. The molecule has 7 aromatic carbocycles. The van der Waals surface area contributed by atoms with Gasteiger partial charge in [0.2, 0.25) is 0 Å². The van der Waals surface area contributed by atoms with Crippen LogP contribution in [0.1, 0.15) is 33.4 Å². The number of rotatable bonds is 2. The van der Waals surface area contributed by atoms with Crippen LogP contribution in [0.3, 0.4) is 0 Å². The number of benzene rings is 6. The smallest absolute Gasteiger partial charge is 0.0240 e. The number of halogens is 8. The van der Waals surface area contributed by atoms with Crippen molar-refractivity contribution in [2.45, 2.75) is 18.8 Å². The Morgan fingerprint density at radius 2 is 1.08 bits per heavy atom. The zero-order valence-corrected chi connectivity index (χ0v) is 31.4. The van der Waals surface area contributed by atoms with Crippen molar-refractivity contribution in [1.82, 2.24) is 0 Å². The van der Waals surface area contributed by atoms with Gasteiger partial charge < -0.3 is 0 Å². The van der Waals surface area contributed by atoms with E-state index in [-0.39, 0.29) is 24.8 Å². The van der Waals surface area contributed by atoms with Crippen molar-refractivity contribution in [3.8, 4) is 11.1 Å². The molecule has 0 atom stereocenters. The molecule has 0 nitrogen and oxygen atoms in total. The average Bonchev–Trinajstić information content (AvgIpc) is 3.81. The van der Waals surface area contributed by atoms with Gasteiger partial charge in [-0.25, -0.2) is 12.1 Å². The summed E-state index contributed by atoms with van der Waals surface area (Å²) in [4.78, 5) is 0. The van der Waals surface area contributed by atoms with Gasteiger partial charge in [0, 0.05) is 0 Å². The van der Waals surface area contributed by atoms with Crippen LogP contribution >= 0.6 is 24.8 Å². The third-order valence-electron chi connectivity index (χ3n) is 8.16. The van der Waals surface area contributed by atoms with Crippen LogP contribution in [-0.2, 0) is 42.7 Å². The van der Waals surface area contributed by atoms with Crippen molar-refractivity contribution in [3.05, 3.63) is 185 Å². The maximum Gasteiger partial charge on any atom is -0.0240 e. The van der Waals surface area contributed by atoms with E-state index in [1.54, 1.807) is 0 Å². The first kappa shape index (κ1) is 38.9. The Labute approximate surface area is 313 Å². The van der Waals surface area contributed by atoms with Gasteiger partial charge in [0.1, 0.15) is 0 Å². The first-order valence-electron chi connectivity index (χ1n) is 15.0. The molecule has 0 amide bonds. The summed E-state index contributed by atoms with van der Waals surface area (Å²) in [6.45, 7) is 0. The Morgan fingerprint density at radius 3 is 1.60 bits per heavy atom. The molecule has 0 aliphatic heterocycles. The summed E-state index contributed by atoms with van der Waals surface area (Å²) in [7, 11) is 0. The Kier molecular flexibility index (Phi) is 12.8. The molecule has 1 aliphatic carbocycles. The van der Waals surface area contributed by atoms with E-state index in [9.17, 15) is 26.3 Å². The molecule has 0 aromatic heterocycles. The second kappa shape index (κ2) is 16.4. The summed E-state index contributed by atoms with van der Waals surface area (Å²) in [5.41, 5.74) is 5.34. The summed E-state index contributed by atoms with van der Waals surface area (Å²) in [5.74, 6) is 0. The summed E-state index contributed by atoms with van der Waals surface area (Å²) < 4.78 is 75.7. The monoisotopic (exact) mass is 884 g/mol. The predicted molar refractivity (Wildman–Crippen MR) is 191 cm³/mol. The van der Waals surface area contributed by atoms with Crippen molar-refractivity contribution >= 4 is 49.6 Å². The average molecular weight is 884 g/mol. The molecule has 0 saturated carbocycles. The number of alkyl halides is 6. The van der Waals surface area contributed by atoms with Crippen LogP contribution in [0.25, 0.3) is 32.7 Å². The topological polar surface area (TPSA) is 0 Å². The van der Waals surface area contributed by atoms with Crippen LogP contribution in [0.5, 0.6) is 0 Å². The second-order valence-corrected chi connectivity index (χ2v) is 13.0. The van der Waals surface area contributed by atoms with Gasteiger partial charge in [0.25, 0.3) is 0 Å². The van der Waals surface area contributed by atoms with Gasteiger partial charge in [0.05, 0.1) is 0 Å². The van der Waals surface area contributed by atoms with E-state index in [0.29, 0.717) is 35.0 Å². The summed E-state index contributed by atoms with van der Waals surface area (Å²) in [5, 5.41) is 5.30. The third-order valence-corrected chi connectivity index (χ3v) is 10.2. The fraction of sp³-hybridized carbons (Fsp3) is 0.0732. The summed E-state index contributed by atoms with van der Waals surface area (Å²) in [6, 6.07) is 46.6. The predicted octanol–water partition coefficient (Wildman–Crippen LogP) is 12.5. The first-order chi connectivity index (χ1) is 23.0. The molecule has 50 heavy (non-hydrogen) atoms. The van der Waals surface area contributed by atoms with E-state index < -0.39 is 23.5 Å². The SMILES string of the molecule is Cl.Cl.FC(F)(F)c1ccc([C](=[Hf+2])c2ccc(C(F)(F)F)cc2)cc1.[c-]1cccc2c1c1c(c3ccccc32)-c2ccccc2C1.c1cc[cH-]c1. The van der Waals surface area contributed by atoms with E-state index >= 15 is 0 Å². The number of fused-ring (bicyclic) bond motifs is 8. The van der Waals surface area contributed by atoms with E-state index in [4.69, 9.17) is 0 Å². The van der Waals surface area contributed by atoms with E-state index in [0.717, 1.165) is 33.9 Å². The van der Waals surface area contributed by atoms with Gasteiger partial charge >= 0.3 is 137 Å². The van der Waals surface area contributed by atoms with Gasteiger partial charge in [-0.05, 0) is 28.5 Å². The van der Waals surface area contributed by atoms with Gasteiger partial charge in [-0.2, -0.15) is 18.2 Å². The molecular formula is C41H28Cl2F6Hf. The first-order valence-corrected chi connectivity index (χ1v) is 16.8. The van der Waals surface area contributed by atoms with Gasteiger partial charge in [-0.1, -0.05) is 53.9 Å². The molecule has 8 rings (SSSR count). The largest absolute Gasteiger partial charge is 0.214 e. The molecule has 0 heterocycles. The molecule has 0 N–H and O–H groups in total. The molecule has 0 saturated heterocycles. The standard InChI is InChI=1S/C21H13.C15H8F6.C5H5.2ClH.Hf/c1-2-8-15-14(7-1)13-20-18-11-4-3-9-16(18)17-10-5-6-12-19(17)21(15)20;16-14(17,18)12-5-1-10(2-6-12)9-11-3-7-13(8-4-11)15(19,20)21;1-2-4-5-3-1;;;/h1-10,12H,13H2;1-8H;1-5H;2*1H;/q-1;;-1;;;+2. The molecule has 0 bridgehead atoms. The fourth-order valence-electron chi connectivity index (χ4n) is 5.87. The van der Waals surface area contributed by atoms with Gasteiger partial charge in [-0.3, -0.25) is 0 Å². The van der Waals surface area contributed by atoms with Crippen molar-refractivity contribution in [2.75, 3.05) is 0 Å². The number of hydrogen-bond acceptors (Lipinski definition) is 0. The Bertz CT molecular complexity index is 2110. The van der Waals surface area contributed by atoms with Crippen molar-refractivity contribution in [1.29, 1.82) is 0 Å². The summed E-state index contributed by atoms with van der Waals surface area (Å²) >= 11 is 0.493. The third kappa shape index (κ3) is 8.51. The van der Waals surface area contributed by atoms with E-state index in [1.807, 2.05) is 36.4 Å². The minimum absolute atomic E-state index is 0. The van der Waals surface area contributed by atoms with Crippen LogP contribution in [-0.4, -0.2) is 3.26 Å². The van der Waals surface area contributed by atoms with Gasteiger partial charge in [-0.15, -0.1) is 65.4 Å². The maximum atomic E-state index is 12.5. The minimum Gasteiger partial charge on any atom is -0.214 e. The van der Waals surface area contributed by atoms with Crippen LogP contribution in [0, 0.1) is 6.07 Å². The Hall–Kier alpha value is -3.91. The minimum atomic E-state index is -4.40. The van der Waals surface area contributed by atoms with Crippen LogP contribution in [0.2, 0.25) is 0 Å². The quantitative estimate of drug-likeness (QED) is 0.0702.